The van der Waals surface area contributed by atoms with E-state index in [2.05, 4.69) is 4.72 Å². The third-order valence-electron chi connectivity index (χ3n) is 2.55. The molecule has 17 heavy (non-hydrogen) atoms. The molecule has 0 aliphatic carbocycles. The topological polar surface area (TPSA) is 66.4 Å². The van der Waals surface area contributed by atoms with Crippen molar-refractivity contribution in [1.29, 1.82) is 0 Å². The smallest absolute Gasteiger partial charge is 0.240 e. The van der Waals surface area contributed by atoms with Crippen molar-refractivity contribution in [2.24, 2.45) is 5.92 Å². The first-order chi connectivity index (χ1) is 7.83. The Bertz CT molecular complexity index is 468. The molecule has 0 amide bonds. The van der Waals surface area contributed by atoms with Gasteiger partial charge >= 0.3 is 0 Å². The zero-order valence-electron chi connectivity index (χ0n) is 10.3. The van der Waals surface area contributed by atoms with Crippen LogP contribution in [-0.2, 0) is 10.0 Å². The third-order valence-corrected chi connectivity index (χ3v) is 3.97. The number of hydrogen-bond acceptors (Lipinski definition) is 3. The van der Waals surface area contributed by atoms with E-state index in [1.54, 1.807) is 12.1 Å². The van der Waals surface area contributed by atoms with Gasteiger partial charge in [0.1, 0.15) is 0 Å². The first-order valence-electron chi connectivity index (χ1n) is 5.57. The normalized spacial score (nSPS) is 13.9. The van der Waals surface area contributed by atoms with Crippen molar-refractivity contribution in [3.8, 4) is 0 Å². The van der Waals surface area contributed by atoms with E-state index in [9.17, 15) is 13.5 Å². The molecule has 1 rings (SSSR count). The number of nitrogens with one attached hydrogen (secondary N) is 1. The number of hydrogen-bond donors (Lipinski definition) is 2. The van der Waals surface area contributed by atoms with Gasteiger partial charge in [0.05, 0.1) is 11.0 Å². The number of benzene rings is 1. The van der Waals surface area contributed by atoms with Crippen LogP contribution in [0.3, 0.4) is 0 Å². The van der Waals surface area contributed by atoms with E-state index < -0.39 is 16.1 Å². The van der Waals surface area contributed by atoms with E-state index in [1.807, 2.05) is 26.8 Å². The number of aliphatic hydroxyl groups excluding tert-OH is 1. The van der Waals surface area contributed by atoms with Crippen molar-refractivity contribution < 1.29 is 13.5 Å². The molecule has 96 valence electrons. The fourth-order valence-electron chi connectivity index (χ4n) is 1.30. The molecule has 0 aliphatic rings. The summed E-state index contributed by atoms with van der Waals surface area (Å²) in [6.07, 6.45) is -0.672. The molecule has 0 spiro atoms. The fourth-order valence-corrected chi connectivity index (χ4v) is 2.45. The van der Waals surface area contributed by atoms with E-state index in [-0.39, 0.29) is 17.4 Å². The van der Waals surface area contributed by atoms with Gasteiger partial charge in [-0.2, -0.15) is 0 Å². The summed E-state index contributed by atoms with van der Waals surface area (Å²) in [6, 6.07) is 6.67. The van der Waals surface area contributed by atoms with Crippen LogP contribution in [0.15, 0.2) is 29.2 Å². The lowest BCUT2D eigenvalue weighted by Crippen LogP contribution is -2.34. The Morgan fingerprint density at radius 3 is 2.53 bits per heavy atom. The molecule has 1 unspecified atom stereocenters. The highest BCUT2D eigenvalue weighted by molar-refractivity contribution is 7.89. The van der Waals surface area contributed by atoms with Crippen LogP contribution in [0.4, 0.5) is 0 Å². The molecule has 0 heterocycles. The summed E-state index contributed by atoms with van der Waals surface area (Å²) in [5.41, 5.74) is 0.886. The first kappa shape index (κ1) is 14.2. The molecule has 0 aromatic heterocycles. The standard InChI is InChI=1S/C12H19NO3S/c1-9(2)12(14)8-13-17(15,16)11-6-4-5-10(3)7-11/h4-7,9,12-14H,8H2,1-3H3. The molecule has 2 N–H and O–H groups in total. The molecule has 1 atom stereocenters. The maximum atomic E-state index is 11.9. The molecule has 1 aromatic carbocycles. The van der Waals surface area contributed by atoms with Gasteiger partial charge in [-0.25, -0.2) is 13.1 Å². The average molecular weight is 257 g/mol. The Kier molecular flexibility index (Phi) is 4.68. The van der Waals surface area contributed by atoms with Gasteiger partial charge in [-0.1, -0.05) is 26.0 Å². The van der Waals surface area contributed by atoms with Crippen molar-refractivity contribution in [3.63, 3.8) is 0 Å². The van der Waals surface area contributed by atoms with Crippen LogP contribution >= 0.6 is 0 Å². The molecular formula is C12H19NO3S. The Morgan fingerprint density at radius 1 is 1.35 bits per heavy atom. The van der Waals surface area contributed by atoms with Crippen molar-refractivity contribution in [3.05, 3.63) is 29.8 Å². The predicted octanol–water partition coefficient (Wildman–Crippen LogP) is 1.29. The second-order valence-corrected chi connectivity index (χ2v) is 6.25. The van der Waals surface area contributed by atoms with Crippen LogP contribution < -0.4 is 4.72 Å². The van der Waals surface area contributed by atoms with Crippen molar-refractivity contribution in [1.82, 2.24) is 4.72 Å². The van der Waals surface area contributed by atoms with Gasteiger partial charge in [0.15, 0.2) is 0 Å². The second kappa shape index (κ2) is 5.62. The number of rotatable bonds is 5. The van der Waals surface area contributed by atoms with Gasteiger partial charge in [0.2, 0.25) is 10.0 Å². The minimum absolute atomic E-state index is 0.0233. The number of sulfonamides is 1. The lowest BCUT2D eigenvalue weighted by molar-refractivity contribution is 0.129. The van der Waals surface area contributed by atoms with E-state index in [0.717, 1.165) is 5.56 Å². The molecule has 0 fully saturated rings. The average Bonchev–Trinajstić information content (AvgIpc) is 2.26. The molecular weight excluding hydrogens is 238 g/mol. The minimum Gasteiger partial charge on any atom is -0.391 e. The number of aliphatic hydroxyl groups is 1. The van der Waals surface area contributed by atoms with Crippen LogP contribution in [0.2, 0.25) is 0 Å². The Morgan fingerprint density at radius 2 is 2.00 bits per heavy atom. The van der Waals surface area contributed by atoms with Crippen LogP contribution in [0.25, 0.3) is 0 Å². The Hall–Kier alpha value is -0.910. The third kappa shape index (κ3) is 4.11. The maximum absolute atomic E-state index is 11.9. The molecule has 5 heteroatoms. The Labute approximate surface area is 103 Å². The zero-order chi connectivity index (χ0) is 13.1. The molecule has 0 saturated carbocycles. The summed E-state index contributed by atoms with van der Waals surface area (Å²) >= 11 is 0. The van der Waals surface area contributed by atoms with Gasteiger partial charge < -0.3 is 5.11 Å². The fraction of sp³-hybridized carbons (Fsp3) is 0.500. The van der Waals surface area contributed by atoms with Crippen LogP contribution in [0, 0.1) is 12.8 Å². The summed E-state index contributed by atoms with van der Waals surface area (Å²) in [5, 5.41) is 9.56. The van der Waals surface area contributed by atoms with Gasteiger partial charge in [-0.3, -0.25) is 0 Å². The van der Waals surface area contributed by atoms with E-state index >= 15 is 0 Å². The SMILES string of the molecule is Cc1cccc(S(=O)(=O)NCC(O)C(C)C)c1. The highest BCUT2D eigenvalue weighted by atomic mass is 32.2. The molecule has 0 bridgehead atoms. The van der Waals surface area contributed by atoms with Crippen LogP contribution in [-0.4, -0.2) is 26.2 Å². The van der Waals surface area contributed by atoms with E-state index in [0.29, 0.717) is 0 Å². The van der Waals surface area contributed by atoms with Crippen molar-refractivity contribution >= 4 is 10.0 Å². The van der Waals surface area contributed by atoms with E-state index in [1.165, 1.54) is 6.07 Å². The summed E-state index contributed by atoms with van der Waals surface area (Å²) in [4.78, 5) is 0.230. The summed E-state index contributed by atoms with van der Waals surface area (Å²) in [6.45, 7) is 5.55. The van der Waals surface area contributed by atoms with Gasteiger partial charge in [-0.15, -0.1) is 0 Å². The summed E-state index contributed by atoms with van der Waals surface area (Å²) in [7, 11) is -3.52. The summed E-state index contributed by atoms with van der Waals surface area (Å²) in [5.74, 6) is 0.0233. The maximum Gasteiger partial charge on any atom is 0.240 e. The second-order valence-electron chi connectivity index (χ2n) is 4.48. The molecule has 1 aromatic rings. The van der Waals surface area contributed by atoms with Crippen molar-refractivity contribution in [2.45, 2.75) is 31.8 Å². The lowest BCUT2D eigenvalue weighted by Gasteiger charge is -2.15. The molecule has 4 nitrogen and oxygen atoms in total. The predicted molar refractivity (Wildman–Crippen MR) is 67.2 cm³/mol. The molecule has 0 saturated heterocycles. The monoisotopic (exact) mass is 257 g/mol. The van der Waals surface area contributed by atoms with Gasteiger partial charge in [-0.05, 0) is 30.5 Å². The van der Waals surface area contributed by atoms with Crippen LogP contribution in [0.5, 0.6) is 0 Å². The van der Waals surface area contributed by atoms with Gasteiger partial charge in [0.25, 0.3) is 0 Å². The highest BCUT2D eigenvalue weighted by Gasteiger charge is 2.17. The van der Waals surface area contributed by atoms with E-state index in [4.69, 9.17) is 0 Å². The van der Waals surface area contributed by atoms with Gasteiger partial charge in [0, 0.05) is 6.54 Å². The number of aryl methyl sites for hydroxylation is 1. The quantitative estimate of drug-likeness (QED) is 0.835. The van der Waals surface area contributed by atoms with Crippen molar-refractivity contribution in [2.75, 3.05) is 6.54 Å². The van der Waals surface area contributed by atoms with Crippen LogP contribution in [0.1, 0.15) is 19.4 Å². The molecule has 0 radical (unpaired) electrons. The first-order valence-corrected chi connectivity index (χ1v) is 7.05. The largest absolute Gasteiger partial charge is 0.391 e. The highest BCUT2D eigenvalue weighted by Crippen LogP contribution is 2.11. The molecule has 0 aliphatic heterocycles. The minimum atomic E-state index is -3.52. The lowest BCUT2D eigenvalue weighted by atomic mass is 10.1. The summed E-state index contributed by atoms with van der Waals surface area (Å²) < 4.78 is 26.2. The zero-order valence-corrected chi connectivity index (χ0v) is 11.2. The Balaban J connectivity index is 2.76.